The largest absolute Gasteiger partial charge is 0.352 e. The summed E-state index contributed by atoms with van der Waals surface area (Å²) in [5.74, 6) is -2.33. The zero-order valence-corrected chi connectivity index (χ0v) is 18.0. The molecular formula is C25H21FN4O4. The van der Waals surface area contributed by atoms with Gasteiger partial charge in [-0.15, -0.1) is 0 Å². The van der Waals surface area contributed by atoms with Crippen LogP contribution in [0.2, 0.25) is 0 Å². The van der Waals surface area contributed by atoms with Crippen LogP contribution in [0.5, 0.6) is 0 Å². The third kappa shape index (κ3) is 4.93. The molecule has 0 saturated carbocycles. The van der Waals surface area contributed by atoms with Crippen LogP contribution in [0, 0.1) is 5.82 Å². The number of carbonyl (C=O) groups excluding carboxylic acids is 4. The van der Waals surface area contributed by atoms with Crippen molar-refractivity contribution in [3.05, 3.63) is 102 Å². The fraction of sp³-hybridized carbons (Fsp3) is 0.120. The Morgan fingerprint density at radius 2 is 1.47 bits per heavy atom. The maximum atomic E-state index is 13.4. The standard InChI is InChI=1S/C25H21FN4O4/c26-19-11-13-20(14-12-19)29-24(33)21(15-22(31)27-16-17-7-3-1-4-8-17)30(25(29)34)28-23(32)18-9-5-2-6-10-18/h1-14,21H,15-16H2,(H,27,31)(H,28,32). The third-order valence-corrected chi connectivity index (χ3v) is 5.27. The number of hydrogen-bond donors (Lipinski definition) is 2. The lowest BCUT2D eigenvalue weighted by atomic mass is 10.1. The number of urea groups is 1. The van der Waals surface area contributed by atoms with Crippen LogP contribution in [0.4, 0.5) is 14.9 Å². The maximum Gasteiger partial charge on any atom is 0.350 e. The summed E-state index contributed by atoms with van der Waals surface area (Å²) in [6.07, 6.45) is -0.371. The average molecular weight is 460 g/mol. The molecule has 4 rings (SSSR count). The number of halogens is 1. The first-order chi connectivity index (χ1) is 16.4. The number of amides is 5. The van der Waals surface area contributed by atoms with Gasteiger partial charge >= 0.3 is 6.03 Å². The van der Waals surface area contributed by atoms with Gasteiger partial charge in [-0.2, -0.15) is 0 Å². The first kappa shape index (κ1) is 22.7. The first-order valence-electron chi connectivity index (χ1n) is 10.5. The lowest BCUT2D eigenvalue weighted by molar-refractivity contribution is -0.127. The van der Waals surface area contributed by atoms with Gasteiger partial charge in [0.2, 0.25) is 5.91 Å². The zero-order valence-electron chi connectivity index (χ0n) is 18.0. The Bertz CT molecular complexity index is 1200. The van der Waals surface area contributed by atoms with E-state index < -0.39 is 35.6 Å². The molecule has 172 valence electrons. The SMILES string of the molecule is O=C(CC1C(=O)N(c2ccc(F)cc2)C(=O)N1NC(=O)c1ccccc1)NCc1ccccc1. The molecule has 2 N–H and O–H groups in total. The van der Waals surface area contributed by atoms with Crippen molar-refractivity contribution >= 4 is 29.4 Å². The summed E-state index contributed by atoms with van der Waals surface area (Å²) >= 11 is 0. The lowest BCUT2D eigenvalue weighted by Crippen LogP contribution is -2.50. The van der Waals surface area contributed by atoms with Crippen LogP contribution in [-0.2, 0) is 16.1 Å². The van der Waals surface area contributed by atoms with Crippen molar-refractivity contribution in [3.8, 4) is 0 Å². The number of rotatable bonds is 7. The summed E-state index contributed by atoms with van der Waals surface area (Å²) in [6.45, 7) is 0.243. The van der Waals surface area contributed by atoms with Crippen molar-refractivity contribution < 1.29 is 23.6 Å². The van der Waals surface area contributed by atoms with Crippen molar-refractivity contribution in [2.24, 2.45) is 0 Å². The molecule has 0 aliphatic carbocycles. The molecule has 0 bridgehead atoms. The molecule has 34 heavy (non-hydrogen) atoms. The molecule has 0 radical (unpaired) electrons. The molecular weight excluding hydrogens is 439 g/mol. The van der Waals surface area contributed by atoms with Crippen LogP contribution in [0.1, 0.15) is 22.3 Å². The second-order valence-electron chi connectivity index (χ2n) is 7.59. The number of nitrogens with zero attached hydrogens (tertiary/aromatic N) is 2. The molecule has 0 aromatic heterocycles. The fourth-order valence-electron chi connectivity index (χ4n) is 3.53. The molecule has 1 unspecified atom stereocenters. The third-order valence-electron chi connectivity index (χ3n) is 5.27. The normalized spacial score (nSPS) is 15.4. The van der Waals surface area contributed by atoms with Gasteiger partial charge in [0.05, 0.1) is 12.1 Å². The van der Waals surface area contributed by atoms with Crippen molar-refractivity contribution in [2.45, 2.75) is 19.0 Å². The van der Waals surface area contributed by atoms with Crippen LogP contribution in [-0.4, -0.2) is 34.8 Å². The van der Waals surface area contributed by atoms with Gasteiger partial charge in [0.25, 0.3) is 11.8 Å². The highest BCUT2D eigenvalue weighted by atomic mass is 19.1. The highest BCUT2D eigenvalue weighted by Crippen LogP contribution is 2.26. The van der Waals surface area contributed by atoms with Gasteiger partial charge in [0.1, 0.15) is 11.9 Å². The van der Waals surface area contributed by atoms with E-state index in [1.165, 1.54) is 12.1 Å². The summed E-state index contributed by atoms with van der Waals surface area (Å²) in [7, 11) is 0. The highest BCUT2D eigenvalue weighted by Gasteiger charge is 2.48. The monoisotopic (exact) mass is 460 g/mol. The van der Waals surface area contributed by atoms with E-state index in [1.54, 1.807) is 30.3 Å². The molecule has 3 aromatic carbocycles. The van der Waals surface area contributed by atoms with Crippen molar-refractivity contribution in [1.29, 1.82) is 0 Å². The van der Waals surface area contributed by atoms with E-state index in [2.05, 4.69) is 10.7 Å². The molecule has 3 aromatic rings. The predicted molar refractivity (Wildman–Crippen MR) is 122 cm³/mol. The number of nitrogens with one attached hydrogen (secondary N) is 2. The summed E-state index contributed by atoms with van der Waals surface area (Å²) in [4.78, 5) is 52.5. The van der Waals surface area contributed by atoms with Crippen LogP contribution in [0.3, 0.4) is 0 Å². The number of hydrogen-bond acceptors (Lipinski definition) is 4. The minimum atomic E-state index is -1.28. The first-order valence-corrected chi connectivity index (χ1v) is 10.5. The van der Waals surface area contributed by atoms with Crippen LogP contribution in [0.15, 0.2) is 84.9 Å². The number of hydrazine groups is 1. The van der Waals surface area contributed by atoms with E-state index >= 15 is 0 Å². The Hall–Kier alpha value is -4.53. The Kier molecular flexibility index (Phi) is 6.63. The zero-order chi connectivity index (χ0) is 24.1. The Labute approximate surface area is 194 Å². The molecule has 9 heteroatoms. The van der Waals surface area contributed by atoms with Gasteiger partial charge in [-0.3, -0.25) is 19.8 Å². The quantitative estimate of drug-likeness (QED) is 0.530. The van der Waals surface area contributed by atoms with E-state index in [0.29, 0.717) is 0 Å². The number of benzene rings is 3. The van der Waals surface area contributed by atoms with Gasteiger partial charge < -0.3 is 5.32 Å². The van der Waals surface area contributed by atoms with E-state index in [9.17, 15) is 23.6 Å². The molecule has 0 spiro atoms. The lowest BCUT2D eigenvalue weighted by Gasteiger charge is -2.22. The van der Waals surface area contributed by atoms with E-state index in [0.717, 1.165) is 27.6 Å². The Balaban J connectivity index is 1.55. The highest BCUT2D eigenvalue weighted by molar-refractivity contribution is 6.22. The molecule has 1 aliphatic rings. The van der Waals surface area contributed by atoms with Crippen LogP contribution < -0.4 is 15.6 Å². The Morgan fingerprint density at radius 1 is 0.853 bits per heavy atom. The summed E-state index contributed by atoms with van der Waals surface area (Å²) in [6, 6.07) is 20.0. The fourth-order valence-corrected chi connectivity index (χ4v) is 3.53. The van der Waals surface area contributed by atoms with Gasteiger partial charge in [-0.1, -0.05) is 48.5 Å². The predicted octanol–water partition coefficient (Wildman–Crippen LogP) is 3.01. The number of carbonyl (C=O) groups is 4. The molecule has 1 saturated heterocycles. The number of anilines is 1. The number of imide groups is 1. The van der Waals surface area contributed by atoms with E-state index in [1.807, 2.05) is 30.3 Å². The van der Waals surface area contributed by atoms with Crippen molar-refractivity contribution in [2.75, 3.05) is 4.90 Å². The molecule has 1 heterocycles. The maximum absolute atomic E-state index is 13.4. The van der Waals surface area contributed by atoms with Gasteiger partial charge in [0.15, 0.2) is 0 Å². The molecule has 1 atom stereocenters. The van der Waals surface area contributed by atoms with E-state index in [4.69, 9.17) is 0 Å². The molecule has 8 nitrogen and oxygen atoms in total. The molecule has 1 fully saturated rings. The minimum Gasteiger partial charge on any atom is -0.352 e. The smallest absolute Gasteiger partial charge is 0.350 e. The van der Waals surface area contributed by atoms with Crippen molar-refractivity contribution in [3.63, 3.8) is 0 Å². The second kappa shape index (κ2) is 9.95. The topological polar surface area (TPSA) is 98.8 Å². The van der Waals surface area contributed by atoms with Gasteiger partial charge in [0, 0.05) is 12.1 Å². The summed E-state index contributed by atoms with van der Waals surface area (Å²) in [5.41, 5.74) is 3.71. The Morgan fingerprint density at radius 3 is 2.12 bits per heavy atom. The van der Waals surface area contributed by atoms with E-state index in [-0.39, 0.29) is 24.2 Å². The molecule has 5 amide bonds. The van der Waals surface area contributed by atoms with Gasteiger partial charge in [-0.25, -0.2) is 19.1 Å². The molecule has 1 aliphatic heterocycles. The minimum absolute atomic E-state index is 0.127. The summed E-state index contributed by atoms with van der Waals surface area (Å²) < 4.78 is 13.4. The van der Waals surface area contributed by atoms with Gasteiger partial charge in [-0.05, 0) is 42.0 Å². The average Bonchev–Trinajstić information content (AvgIpc) is 3.08. The van der Waals surface area contributed by atoms with Crippen molar-refractivity contribution in [1.82, 2.24) is 15.8 Å². The van der Waals surface area contributed by atoms with Crippen LogP contribution >= 0.6 is 0 Å². The summed E-state index contributed by atoms with van der Waals surface area (Å²) in [5, 5.41) is 3.57. The van der Waals surface area contributed by atoms with Crippen LogP contribution in [0.25, 0.3) is 0 Å². The second-order valence-corrected chi connectivity index (χ2v) is 7.59.